The highest BCUT2D eigenvalue weighted by Crippen LogP contribution is 2.23. The zero-order valence-corrected chi connectivity index (χ0v) is 11.8. The van der Waals surface area contributed by atoms with Crippen LogP contribution in [0, 0.1) is 0 Å². The number of rotatable bonds is 4. The maximum atomic E-state index is 4.85. The lowest BCUT2D eigenvalue weighted by Gasteiger charge is -2.02. The summed E-state index contributed by atoms with van der Waals surface area (Å²) in [6.45, 7) is 2.23. The smallest absolute Gasteiger partial charge is 0.0903 e. The van der Waals surface area contributed by atoms with Crippen LogP contribution in [0.5, 0.6) is 0 Å². The number of nitrogens with one attached hydrogen (secondary N) is 1. The van der Waals surface area contributed by atoms with Crippen molar-refractivity contribution in [3.05, 3.63) is 52.8 Å². The zero-order chi connectivity index (χ0) is 13.8. The molecule has 0 radical (unpaired) electrons. The molecule has 2 aromatic rings. The minimum atomic E-state index is 0.956. The first-order valence-corrected chi connectivity index (χ1v) is 7.26. The lowest BCUT2D eigenvalue weighted by atomic mass is 10.1. The molecule has 0 bridgehead atoms. The van der Waals surface area contributed by atoms with Gasteiger partial charge in [0.15, 0.2) is 0 Å². The van der Waals surface area contributed by atoms with Crippen LogP contribution in [0.3, 0.4) is 0 Å². The number of benzene rings is 1. The lowest BCUT2D eigenvalue weighted by molar-refractivity contribution is 0.714. The van der Waals surface area contributed by atoms with E-state index in [1.807, 2.05) is 18.5 Å². The molecule has 0 atom stereocenters. The predicted octanol–water partition coefficient (Wildman–Crippen LogP) is 2.93. The number of unbranched alkanes of at least 4 members (excludes halogenated alkanes) is 2. The average Bonchev–Trinajstić information content (AvgIpc) is 2.67. The molecule has 3 nitrogen and oxygen atoms in total. The van der Waals surface area contributed by atoms with Crippen LogP contribution in [-0.4, -0.2) is 4.98 Å². The number of aryl methyl sites for hydroxylation is 1. The Hall–Kier alpha value is -2.16. The molecule has 1 aromatic carbocycles. The van der Waals surface area contributed by atoms with Gasteiger partial charge in [-0.3, -0.25) is 4.98 Å². The Balaban J connectivity index is 2.08. The molecule has 0 amide bonds. The van der Waals surface area contributed by atoms with E-state index < -0.39 is 0 Å². The van der Waals surface area contributed by atoms with Crippen LogP contribution in [-0.2, 0) is 6.42 Å². The molecule has 0 saturated carbocycles. The molecule has 3 heteroatoms. The Morgan fingerprint density at radius 1 is 1.15 bits per heavy atom. The van der Waals surface area contributed by atoms with Gasteiger partial charge < -0.3 is 5.32 Å². The predicted molar refractivity (Wildman–Crippen MR) is 82.4 cm³/mol. The molecule has 0 saturated heterocycles. The van der Waals surface area contributed by atoms with Crippen molar-refractivity contribution in [3.8, 4) is 0 Å². The first-order valence-electron chi connectivity index (χ1n) is 7.26. The highest BCUT2D eigenvalue weighted by Gasteiger charge is 2.05. The summed E-state index contributed by atoms with van der Waals surface area (Å²) in [7, 11) is 0. The standard InChI is InChI=1S/C17H19N3/c1-2-3-4-6-13-7-5-8-14-11-19-16-12-18-10-9-15(16)20-17(13)14/h5,7-12,19H,2-4,6H2,1H3. The van der Waals surface area contributed by atoms with Gasteiger partial charge in [0, 0.05) is 17.6 Å². The largest absolute Gasteiger partial charge is 0.358 e. The normalized spacial score (nSPS) is 12.2. The van der Waals surface area contributed by atoms with Crippen molar-refractivity contribution in [2.75, 3.05) is 5.32 Å². The number of anilines is 1. The summed E-state index contributed by atoms with van der Waals surface area (Å²) < 4.78 is 0. The fraction of sp³-hybridized carbons (Fsp3) is 0.294. The molecule has 20 heavy (non-hydrogen) atoms. The zero-order valence-electron chi connectivity index (χ0n) is 11.8. The first-order chi connectivity index (χ1) is 9.88. The molecule has 0 spiro atoms. The molecule has 0 fully saturated rings. The fourth-order valence-corrected chi connectivity index (χ4v) is 2.50. The van der Waals surface area contributed by atoms with Gasteiger partial charge in [-0.15, -0.1) is 0 Å². The third-order valence-electron chi connectivity index (χ3n) is 3.61. The topological polar surface area (TPSA) is 37.3 Å². The summed E-state index contributed by atoms with van der Waals surface area (Å²) in [6.07, 6.45) is 10.5. The molecule has 0 aliphatic carbocycles. The van der Waals surface area contributed by atoms with E-state index in [2.05, 4.69) is 35.4 Å². The van der Waals surface area contributed by atoms with E-state index in [9.17, 15) is 0 Å². The average molecular weight is 265 g/mol. The summed E-state index contributed by atoms with van der Waals surface area (Å²) in [5, 5.41) is 5.54. The quantitative estimate of drug-likeness (QED) is 0.863. The van der Waals surface area contributed by atoms with Crippen molar-refractivity contribution in [1.82, 2.24) is 4.98 Å². The second kappa shape index (κ2) is 5.87. The Labute approximate surface area is 119 Å². The second-order valence-corrected chi connectivity index (χ2v) is 5.11. The molecule has 0 unspecified atom stereocenters. The van der Waals surface area contributed by atoms with Gasteiger partial charge in [0.25, 0.3) is 0 Å². The number of hydrogen-bond acceptors (Lipinski definition) is 3. The number of para-hydroxylation sites is 1. The van der Waals surface area contributed by atoms with Gasteiger partial charge in [-0.05, 0) is 24.5 Å². The van der Waals surface area contributed by atoms with E-state index >= 15 is 0 Å². The van der Waals surface area contributed by atoms with E-state index in [4.69, 9.17) is 4.99 Å². The number of pyridine rings is 1. The minimum Gasteiger partial charge on any atom is -0.358 e. The van der Waals surface area contributed by atoms with Crippen LogP contribution in [0.15, 0.2) is 41.7 Å². The van der Waals surface area contributed by atoms with Crippen LogP contribution < -0.4 is 15.9 Å². The van der Waals surface area contributed by atoms with Gasteiger partial charge in [-0.1, -0.05) is 38.0 Å². The Kier molecular flexibility index (Phi) is 3.77. The molecule has 1 N–H and O–H groups in total. The highest BCUT2D eigenvalue weighted by molar-refractivity contribution is 5.69. The van der Waals surface area contributed by atoms with Gasteiger partial charge in [-0.2, -0.15) is 0 Å². The molecular weight excluding hydrogens is 246 g/mol. The Bertz CT molecular complexity index is 719. The van der Waals surface area contributed by atoms with E-state index in [-0.39, 0.29) is 0 Å². The van der Waals surface area contributed by atoms with Crippen molar-refractivity contribution in [2.45, 2.75) is 32.6 Å². The van der Waals surface area contributed by atoms with Crippen molar-refractivity contribution >= 4 is 17.6 Å². The van der Waals surface area contributed by atoms with E-state index in [0.29, 0.717) is 0 Å². The maximum absolute atomic E-state index is 4.85. The Morgan fingerprint density at radius 2 is 2.10 bits per heavy atom. The Morgan fingerprint density at radius 3 is 3.00 bits per heavy atom. The first kappa shape index (κ1) is 12.9. The van der Waals surface area contributed by atoms with Crippen LogP contribution in [0.2, 0.25) is 0 Å². The molecule has 102 valence electrons. The van der Waals surface area contributed by atoms with E-state index in [1.54, 1.807) is 6.20 Å². The summed E-state index contributed by atoms with van der Waals surface area (Å²) in [5.41, 5.74) is 3.25. The highest BCUT2D eigenvalue weighted by atomic mass is 14.9. The van der Waals surface area contributed by atoms with E-state index in [0.717, 1.165) is 28.4 Å². The molecule has 3 rings (SSSR count). The molecular formula is C17H19N3. The monoisotopic (exact) mass is 265 g/mol. The van der Waals surface area contributed by atoms with Gasteiger partial charge >= 0.3 is 0 Å². The number of fused-ring (bicyclic) bond motifs is 2. The van der Waals surface area contributed by atoms with Crippen molar-refractivity contribution in [3.63, 3.8) is 0 Å². The maximum Gasteiger partial charge on any atom is 0.0903 e. The van der Waals surface area contributed by atoms with Crippen LogP contribution >= 0.6 is 0 Å². The number of nitrogens with zero attached hydrogens (tertiary/aromatic N) is 2. The summed E-state index contributed by atoms with van der Waals surface area (Å²) in [5.74, 6) is 0. The van der Waals surface area contributed by atoms with Gasteiger partial charge in [0.1, 0.15) is 0 Å². The summed E-state index contributed by atoms with van der Waals surface area (Å²) in [4.78, 5) is 8.99. The van der Waals surface area contributed by atoms with Crippen LogP contribution in [0.25, 0.3) is 6.20 Å². The number of hydrogen-bond donors (Lipinski definition) is 1. The van der Waals surface area contributed by atoms with Crippen LogP contribution in [0.1, 0.15) is 31.7 Å². The third-order valence-corrected chi connectivity index (χ3v) is 3.61. The van der Waals surface area contributed by atoms with Gasteiger partial charge in [0.05, 0.1) is 22.9 Å². The lowest BCUT2D eigenvalue weighted by Crippen LogP contribution is -2.28. The minimum absolute atomic E-state index is 0.956. The van der Waals surface area contributed by atoms with Gasteiger partial charge in [-0.25, -0.2) is 4.99 Å². The number of aromatic nitrogens is 1. The molecule has 2 heterocycles. The van der Waals surface area contributed by atoms with Crippen molar-refractivity contribution < 1.29 is 0 Å². The molecule has 1 aliphatic rings. The summed E-state index contributed by atoms with van der Waals surface area (Å²) >= 11 is 0. The summed E-state index contributed by atoms with van der Waals surface area (Å²) in [6, 6.07) is 8.36. The second-order valence-electron chi connectivity index (χ2n) is 5.11. The third kappa shape index (κ3) is 2.57. The van der Waals surface area contributed by atoms with Crippen LogP contribution in [0.4, 0.5) is 11.4 Å². The van der Waals surface area contributed by atoms with E-state index in [1.165, 1.54) is 24.8 Å². The molecule has 1 aliphatic heterocycles. The molecule has 1 aromatic heterocycles. The SMILES string of the molecule is CCCCCc1cccc2c1=Nc1ccncc1NC=2. The van der Waals surface area contributed by atoms with Gasteiger partial charge in [0.2, 0.25) is 0 Å². The van der Waals surface area contributed by atoms with Crippen molar-refractivity contribution in [2.24, 2.45) is 4.99 Å². The fourth-order valence-electron chi connectivity index (χ4n) is 2.50. The van der Waals surface area contributed by atoms with Crippen molar-refractivity contribution in [1.29, 1.82) is 0 Å².